The lowest BCUT2D eigenvalue weighted by Crippen LogP contribution is -2.52. The number of carboxylic acids is 1. The molecule has 2 aromatic rings. The Hall–Kier alpha value is -3.35. The van der Waals surface area contributed by atoms with E-state index in [-0.39, 0.29) is 12.5 Å². The van der Waals surface area contributed by atoms with E-state index in [2.05, 4.69) is 22.8 Å². The molecule has 0 aliphatic heterocycles. The van der Waals surface area contributed by atoms with Gasteiger partial charge < -0.3 is 20.5 Å². The first-order chi connectivity index (χ1) is 16.0. The van der Waals surface area contributed by atoms with Gasteiger partial charge in [0.1, 0.15) is 18.7 Å². The van der Waals surface area contributed by atoms with Gasteiger partial charge >= 0.3 is 12.1 Å². The summed E-state index contributed by atoms with van der Waals surface area (Å²) in [7, 11) is 0. The zero-order valence-corrected chi connectivity index (χ0v) is 18.8. The summed E-state index contributed by atoms with van der Waals surface area (Å²) < 4.78 is 5.58. The molecule has 174 valence electrons. The van der Waals surface area contributed by atoms with Gasteiger partial charge in [0.25, 0.3) is 0 Å². The predicted octanol–water partition coefficient (Wildman–Crippen LogP) is 4.06. The monoisotopic (exact) mass is 450 g/mol. The van der Waals surface area contributed by atoms with Gasteiger partial charge in [0.2, 0.25) is 5.91 Å². The normalized spacial score (nSPS) is 16.3. The van der Waals surface area contributed by atoms with Gasteiger partial charge in [-0.1, -0.05) is 74.7 Å². The summed E-state index contributed by atoms with van der Waals surface area (Å²) in [6, 6.07) is 14.4. The van der Waals surface area contributed by atoms with Crippen molar-refractivity contribution in [1.29, 1.82) is 0 Å². The van der Waals surface area contributed by atoms with Crippen LogP contribution in [0.25, 0.3) is 11.1 Å². The van der Waals surface area contributed by atoms with Crippen molar-refractivity contribution in [2.24, 2.45) is 5.92 Å². The first-order valence-electron chi connectivity index (χ1n) is 11.6. The Morgan fingerprint density at radius 1 is 0.970 bits per heavy atom. The van der Waals surface area contributed by atoms with E-state index in [4.69, 9.17) is 4.74 Å². The van der Waals surface area contributed by atoms with Gasteiger partial charge in [-0.25, -0.2) is 9.59 Å². The third-order valence-corrected chi connectivity index (χ3v) is 6.41. The number of carboxylic acid groups (broad SMARTS) is 1. The highest BCUT2D eigenvalue weighted by Crippen LogP contribution is 2.44. The Kier molecular flexibility index (Phi) is 6.96. The summed E-state index contributed by atoms with van der Waals surface area (Å²) in [4.78, 5) is 36.9. The lowest BCUT2D eigenvalue weighted by molar-refractivity contribution is -0.142. The molecule has 2 amide bonds. The lowest BCUT2D eigenvalue weighted by Gasteiger charge is -2.22. The van der Waals surface area contributed by atoms with Crippen LogP contribution in [0.4, 0.5) is 4.79 Å². The number of amides is 2. The van der Waals surface area contributed by atoms with Crippen LogP contribution in [0.3, 0.4) is 0 Å². The number of nitrogens with one attached hydrogen (secondary N) is 2. The largest absolute Gasteiger partial charge is 0.480 e. The van der Waals surface area contributed by atoms with Crippen LogP contribution in [0, 0.1) is 5.92 Å². The fourth-order valence-corrected chi connectivity index (χ4v) is 4.52. The number of aliphatic carboxylic acids is 1. The third kappa shape index (κ3) is 5.35. The van der Waals surface area contributed by atoms with Crippen molar-refractivity contribution in [3.63, 3.8) is 0 Å². The second-order valence-electron chi connectivity index (χ2n) is 8.89. The van der Waals surface area contributed by atoms with Crippen molar-refractivity contribution in [2.75, 3.05) is 6.61 Å². The second-order valence-corrected chi connectivity index (χ2v) is 8.89. The molecule has 0 radical (unpaired) electrons. The van der Waals surface area contributed by atoms with Gasteiger partial charge in [-0.3, -0.25) is 4.79 Å². The summed E-state index contributed by atoms with van der Waals surface area (Å²) in [5.74, 6) is -1.25. The van der Waals surface area contributed by atoms with Crippen molar-refractivity contribution in [3.05, 3.63) is 59.7 Å². The second kappa shape index (κ2) is 10.1. The van der Waals surface area contributed by atoms with Gasteiger partial charge in [-0.2, -0.15) is 0 Å². The number of rotatable bonds is 10. The number of carbonyl (C=O) groups is 3. The highest BCUT2D eigenvalue weighted by Gasteiger charge is 2.33. The fourth-order valence-electron chi connectivity index (χ4n) is 4.52. The Balaban J connectivity index is 1.40. The Bertz CT molecular complexity index is 987. The molecule has 2 aliphatic rings. The first kappa shape index (κ1) is 22.8. The van der Waals surface area contributed by atoms with E-state index in [0.717, 1.165) is 35.1 Å². The topological polar surface area (TPSA) is 105 Å². The quantitative estimate of drug-likeness (QED) is 0.506. The number of ether oxygens (including phenoxy) is 1. The van der Waals surface area contributed by atoms with E-state index < -0.39 is 30.1 Å². The molecule has 2 aromatic carbocycles. The zero-order chi connectivity index (χ0) is 23.4. The SMILES string of the molecule is CCC[C@@H](NC(=O)[C@H](CC1CC1)NC(=O)OCC1c2ccccc2-c2ccccc21)C(=O)O. The molecular formula is C26H30N2O5. The summed E-state index contributed by atoms with van der Waals surface area (Å²) in [6.07, 6.45) is 2.79. The van der Waals surface area contributed by atoms with Gasteiger partial charge in [-0.05, 0) is 41.0 Å². The van der Waals surface area contributed by atoms with Gasteiger partial charge in [0.05, 0.1) is 0 Å². The van der Waals surface area contributed by atoms with Gasteiger partial charge in [0.15, 0.2) is 0 Å². The molecule has 0 unspecified atom stereocenters. The highest BCUT2D eigenvalue weighted by atomic mass is 16.5. The number of benzene rings is 2. The lowest BCUT2D eigenvalue weighted by atomic mass is 9.98. The Morgan fingerprint density at radius 3 is 2.12 bits per heavy atom. The van der Waals surface area contributed by atoms with Crippen molar-refractivity contribution in [1.82, 2.24) is 10.6 Å². The van der Waals surface area contributed by atoms with Crippen LogP contribution >= 0.6 is 0 Å². The van der Waals surface area contributed by atoms with E-state index in [9.17, 15) is 19.5 Å². The van der Waals surface area contributed by atoms with Gasteiger partial charge in [0, 0.05) is 5.92 Å². The molecule has 0 aromatic heterocycles. The Labute approximate surface area is 193 Å². The number of carbonyl (C=O) groups excluding carboxylic acids is 2. The van der Waals surface area contributed by atoms with Crippen LogP contribution in [-0.4, -0.2) is 41.8 Å². The molecule has 3 N–H and O–H groups in total. The van der Waals surface area contributed by atoms with Crippen molar-refractivity contribution in [3.8, 4) is 11.1 Å². The van der Waals surface area contributed by atoms with Crippen molar-refractivity contribution >= 4 is 18.0 Å². The van der Waals surface area contributed by atoms with Crippen LogP contribution in [0.15, 0.2) is 48.5 Å². The zero-order valence-electron chi connectivity index (χ0n) is 18.8. The molecule has 7 nitrogen and oxygen atoms in total. The van der Waals surface area contributed by atoms with Crippen molar-refractivity contribution < 1.29 is 24.2 Å². The maximum atomic E-state index is 12.8. The molecule has 0 saturated heterocycles. The summed E-state index contributed by atoms with van der Waals surface area (Å²) in [5, 5.41) is 14.6. The molecule has 0 spiro atoms. The maximum Gasteiger partial charge on any atom is 0.407 e. The highest BCUT2D eigenvalue weighted by molar-refractivity contribution is 5.89. The van der Waals surface area contributed by atoms with Crippen LogP contribution in [0.5, 0.6) is 0 Å². The fraction of sp³-hybridized carbons (Fsp3) is 0.423. The van der Waals surface area contributed by atoms with E-state index in [1.807, 2.05) is 43.3 Å². The van der Waals surface area contributed by atoms with Crippen LogP contribution in [0.2, 0.25) is 0 Å². The smallest absolute Gasteiger partial charge is 0.407 e. The van der Waals surface area contributed by atoms with E-state index in [1.54, 1.807) is 0 Å². The Morgan fingerprint density at radius 2 is 1.58 bits per heavy atom. The number of hydrogen-bond acceptors (Lipinski definition) is 4. The minimum absolute atomic E-state index is 0.0696. The van der Waals surface area contributed by atoms with E-state index in [1.165, 1.54) is 0 Å². The third-order valence-electron chi connectivity index (χ3n) is 6.41. The molecule has 1 saturated carbocycles. The molecule has 2 atom stereocenters. The average molecular weight is 451 g/mol. The van der Waals surface area contributed by atoms with E-state index >= 15 is 0 Å². The number of hydrogen-bond donors (Lipinski definition) is 3. The summed E-state index contributed by atoms with van der Waals surface area (Å²) in [5.41, 5.74) is 4.51. The number of alkyl carbamates (subject to hydrolysis) is 1. The minimum atomic E-state index is -1.07. The molecule has 7 heteroatoms. The molecule has 2 aliphatic carbocycles. The molecule has 33 heavy (non-hydrogen) atoms. The van der Waals surface area contributed by atoms with E-state index in [0.29, 0.717) is 25.2 Å². The first-order valence-corrected chi connectivity index (χ1v) is 11.6. The minimum Gasteiger partial charge on any atom is -0.480 e. The maximum absolute atomic E-state index is 12.8. The summed E-state index contributed by atoms with van der Waals surface area (Å²) >= 11 is 0. The van der Waals surface area contributed by atoms with Crippen LogP contribution in [-0.2, 0) is 14.3 Å². The summed E-state index contributed by atoms with van der Waals surface area (Å²) in [6.45, 7) is 2.02. The van der Waals surface area contributed by atoms with Gasteiger partial charge in [-0.15, -0.1) is 0 Å². The molecule has 1 fully saturated rings. The standard InChI is InChI=1S/C26H30N2O5/c1-2-7-22(25(30)31)27-24(29)23(14-16-12-13-16)28-26(32)33-15-21-19-10-5-3-8-17(19)18-9-4-6-11-20(18)21/h3-6,8-11,16,21-23H,2,7,12-15H2,1H3,(H,27,29)(H,28,32)(H,30,31)/t22-,23+/m1/s1. The van der Waals surface area contributed by atoms with Crippen LogP contribution in [0.1, 0.15) is 56.1 Å². The number of fused-ring (bicyclic) bond motifs is 3. The van der Waals surface area contributed by atoms with Crippen LogP contribution < -0.4 is 10.6 Å². The predicted molar refractivity (Wildman–Crippen MR) is 124 cm³/mol. The molecule has 0 bridgehead atoms. The molecule has 0 heterocycles. The average Bonchev–Trinajstić information content (AvgIpc) is 3.57. The molecule has 4 rings (SSSR count). The van der Waals surface area contributed by atoms with Crippen molar-refractivity contribution in [2.45, 2.75) is 57.0 Å². The molecular weight excluding hydrogens is 420 g/mol.